The van der Waals surface area contributed by atoms with Gasteiger partial charge < -0.3 is 5.73 Å². The second kappa shape index (κ2) is 6.39. The molecular weight excluding hydrogens is 260 g/mol. The van der Waals surface area contributed by atoms with Gasteiger partial charge in [0.1, 0.15) is 0 Å². The zero-order valence-corrected chi connectivity index (χ0v) is 11.6. The van der Waals surface area contributed by atoms with Crippen molar-refractivity contribution in [1.29, 1.82) is 0 Å². The van der Waals surface area contributed by atoms with E-state index in [0.717, 1.165) is 12.2 Å². The average Bonchev–Trinajstić information content (AvgIpc) is 2.77. The molecule has 1 atom stereocenters. The van der Waals surface area contributed by atoms with E-state index in [1.54, 1.807) is 11.8 Å². The van der Waals surface area contributed by atoms with Gasteiger partial charge in [0.2, 0.25) is 0 Å². The summed E-state index contributed by atoms with van der Waals surface area (Å²) in [7, 11) is -3.55. The number of aromatic amines is 1. The third-order valence-corrected chi connectivity index (χ3v) is 4.62. The van der Waals surface area contributed by atoms with Crippen LogP contribution in [0.25, 0.3) is 0 Å². The number of aromatic nitrogens is 2. The van der Waals surface area contributed by atoms with Gasteiger partial charge in [0.15, 0.2) is 5.03 Å². The molecule has 0 saturated heterocycles. The highest BCUT2D eigenvalue weighted by Crippen LogP contribution is 2.13. The Labute approximate surface area is 106 Å². The normalized spacial score (nSPS) is 13.8. The van der Waals surface area contributed by atoms with Gasteiger partial charge >= 0.3 is 0 Å². The van der Waals surface area contributed by atoms with Crippen molar-refractivity contribution in [1.82, 2.24) is 14.9 Å². The van der Waals surface area contributed by atoms with Crippen LogP contribution >= 0.6 is 11.8 Å². The molecule has 6 nitrogen and oxygen atoms in total. The molecule has 1 aromatic rings. The molecule has 0 saturated carbocycles. The number of sulfonamides is 1. The highest BCUT2D eigenvalue weighted by Gasteiger charge is 2.23. The Bertz CT molecular complexity index is 444. The van der Waals surface area contributed by atoms with Crippen LogP contribution in [0.15, 0.2) is 11.2 Å². The van der Waals surface area contributed by atoms with Gasteiger partial charge in [0.05, 0.1) is 6.20 Å². The van der Waals surface area contributed by atoms with Crippen molar-refractivity contribution >= 4 is 21.8 Å². The molecule has 0 spiro atoms. The zero-order chi connectivity index (χ0) is 12.9. The Morgan fingerprint density at radius 3 is 2.88 bits per heavy atom. The molecular formula is C9H18N4O2S2. The second-order valence-electron chi connectivity index (χ2n) is 3.61. The largest absolute Gasteiger partial charge is 0.326 e. The monoisotopic (exact) mass is 278 g/mol. The predicted molar refractivity (Wildman–Crippen MR) is 69.3 cm³/mol. The Kier molecular flexibility index (Phi) is 5.44. The SMILES string of the molecule is CCC(CSC)NS(=O)(=O)c1[nH]ncc1CN. The van der Waals surface area contributed by atoms with Crippen molar-refractivity contribution < 1.29 is 8.42 Å². The number of thioether (sulfide) groups is 1. The predicted octanol–water partition coefficient (Wildman–Crippen LogP) is 0.288. The number of H-pyrrole nitrogens is 1. The highest BCUT2D eigenvalue weighted by molar-refractivity contribution is 7.98. The van der Waals surface area contributed by atoms with E-state index >= 15 is 0 Å². The Balaban J connectivity index is 2.88. The van der Waals surface area contributed by atoms with E-state index in [2.05, 4.69) is 14.9 Å². The van der Waals surface area contributed by atoms with Crippen molar-refractivity contribution in [2.75, 3.05) is 12.0 Å². The van der Waals surface area contributed by atoms with E-state index in [4.69, 9.17) is 5.73 Å². The first-order chi connectivity index (χ1) is 8.05. The van der Waals surface area contributed by atoms with Crippen molar-refractivity contribution in [3.63, 3.8) is 0 Å². The lowest BCUT2D eigenvalue weighted by Gasteiger charge is -2.15. The fourth-order valence-corrected chi connectivity index (χ4v) is 3.68. The fraction of sp³-hybridized carbons (Fsp3) is 0.667. The lowest BCUT2D eigenvalue weighted by Crippen LogP contribution is -2.36. The van der Waals surface area contributed by atoms with Crippen LogP contribution in [0.3, 0.4) is 0 Å². The number of hydrogen-bond acceptors (Lipinski definition) is 5. The Morgan fingerprint density at radius 2 is 2.35 bits per heavy atom. The molecule has 0 fully saturated rings. The van der Waals surface area contributed by atoms with E-state index in [-0.39, 0.29) is 17.6 Å². The van der Waals surface area contributed by atoms with Crippen LogP contribution in [0.1, 0.15) is 18.9 Å². The standard InChI is InChI=1S/C9H18N4O2S2/c1-3-8(6-16-2)13-17(14,15)9-7(4-10)5-11-12-9/h5,8,13H,3-4,6,10H2,1-2H3,(H,11,12). The van der Waals surface area contributed by atoms with E-state index in [9.17, 15) is 8.42 Å². The maximum Gasteiger partial charge on any atom is 0.258 e. The summed E-state index contributed by atoms with van der Waals surface area (Å²) in [5.41, 5.74) is 5.95. The van der Waals surface area contributed by atoms with Crippen molar-refractivity contribution in [2.24, 2.45) is 5.73 Å². The molecule has 0 aliphatic carbocycles. The van der Waals surface area contributed by atoms with Crippen LogP contribution in [0, 0.1) is 0 Å². The minimum Gasteiger partial charge on any atom is -0.326 e. The molecule has 0 radical (unpaired) electrons. The lowest BCUT2D eigenvalue weighted by molar-refractivity contribution is 0.553. The third-order valence-electron chi connectivity index (χ3n) is 2.35. The highest BCUT2D eigenvalue weighted by atomic mass is 32.2. The number of hydrogen-bond donors (Lipinski definition) is 3. The summed E-state index contributed by atoms with van der Waals surface area (Å²) in [6, 6.07) is -0.0797. The molecule has 8 heteroatoms. The molecule has 98 valence electrons. The second-order valence-corrected chi connectivity index (χ2v) is 6.17. The number of nitrogens with zero attached hydrogens (tertiary/aromatic N) is 1. The summed E-state index contributed by atoms with van der Waals surface area (Å²) in [5.74, 6) is 0.738. The van der Waals surface area contributed by atoms with Crippen molar-refractivity contribution in [3.8, 4) is 0 Å². The quantitative estimate of drug-likeness (QED) is 0.665. The molecule has 0 bridgehead atoms. The lowest BCUT2D eigenvalue weighted by atomic mass is 10.3. The summed E-state index contributed by atoms with van der Waals surface area (Å²) in [5, 5.41) is 6.26. The zero-order valence-electron chi connectivity index (χ0n) is 9.93. The van der Waals surface area contributed by atoms with E-state index in [0.29, 0.717) is 5.56 Å². The molecule has 0 aliphatic heterocycles. The summed E-state index contributed by atoms with van der Waals surface area (Å²) in [6.45, 7) is 2.09. The number of rotatable bonds is 7. The van der Waals surface area contributed by atoms with Gasteiger partial charge in [0.25, 0.3) is 10.0 Å². The van der Waals surface area contributed by atoms with Gasteiger partial charge in [-0.1, -0.05) is 6.92 Å². The first-order valence-corrected chi connectivity index (χ1v) is 8.16. The van der Waals surface area contributed by atoms with E-state index in [1.807, 2.05) is 13.2 Å². The third kappa shape index (κ3) is 3.70. The minimum absolute atomic E-state index is 0.0690. The summed E-state index contributed by atoms with van der Waals surface area (Å²) in [4.78, 5) is 0. The molecule has 0 aliphatic rings. The Morgan fingerprint density at radius 1 is 1.65 bits per heavy atom. The molecule has 4 N–H and O–H groups in total. The van der Waals surface area contributed by atoms with Crippen LogP contribution in [-0.4, -0.2) is 36.7 Å². The fourth-order valence-electron chi connectivity index (χ4n) is 1.39. The maximum absolute atomic E-state index is 12.1. The number of nitrogens with two attached hydrogens (primary N) is 1. The van der Waals surface area contributed by atoms with E-state index < -0.39 is 10.0 Å². The smallest absolute Gasteiger partial charge is 0.258 e. The van der Waals surface area contributed by atoms with Gasteiger partial charge in [-0.15, -0.1) is 0 Å². The topological polar surface area (TPSA) is 101 Å². The van der Waals surface area contributed by atoms with Gasteiger partial charge in [-0.25, -0.2) is 13.1 Å². The Hall–Kier alpha value is -0.570. The molecule has 17 heavy (non-hydrogen) atoms. The molecule has 0 amide bonds. The van der Waals surface area contributed by atoms with Crippen LogP contribution < -0.4 is 10.5 Å². The van der Waals surface area contributed by atoms with Gasteiger partial charge in [0, 0.05) is 23.9 Å². The van der Waals surface area contributed by atoms with Gasteiger partial charge in [-0.05, 0) is 12.7 Å². The summed E-state index contributed by atoms with van der Waals surface area (Å²) in [6.07, 6.45) is 4.12. The van der Waals surface area contributed by atoms with Crippen LogP contribution in [0.5, 0.6) is 0 Å². The molecule has 1 unspecified atom stereocenters. The molecule has 0 aromatic carbocycles. The first kappa shape index (κ1) is 14.5. The summed E-state index contributed by atoms with van der Waals surface area (Å²) < 4.78 is 26.8. The maximum atomic E-state index is 12.1. The van der Waals surface area contributed by atoms with Gasteiger partial charge in [-0.2, -0.15) is 16.9 Å². The van der Waals surface area contributed by atoms with Crippen molar-refractivity contribution in [2.45, 2.75) is 31.0 Å². The van der Waals surface area contributed by atoms with Crippen LogP contribution in [0.2, 0.25) is 0 Å². The van der Waals surface area contributed by atoms with Gasteiger partial charge in [-0.3, -0.25) is 5.10 Å². The van der Waals surface area contributed by atoms with E-state index in [1.165, 1.54) is 6.20 Å². The first-order valence-electron chi connectivity index (χ1n) is 5.28. The molecule has 1 rings (SSSR count). The number of nitrogens with one attached hydrogen (secondary N) is 2. The van der Waals surface area contributed by atoms with Crippen LogP contribution in [0.4, 0.5) is 0 Å². The molecule has 1 aromatic heterocycles. The average molecular weight is 278 g/mol. The minimum atomic E-state index is -3.55. The van der Waals surface area contributed by atoms with Crippen LogP contribution in [-0.2, 0) is 16.6 Å². The summed E-state index contributed by atoms with van der Waals surface area (Å²) >= 11 is 1.60. The van der Waals surface area contributed by atoms with Crippen molar-refractivity contribution in [3.05, 3.63) is 11.8 Å². The molecule has 1 heterocycles.